The van der Waals surface area contributed by atoms with E-state index in [0.29, 0.717) is 37.1 Å². The molecule has 0 amide bonds. The predicted octanol–water partition coefficient (Wildman–Crippen LogP) is 3.76. The zero-order valence-corrected chi connectivity index (χ0v) is 12.3. The molecule has 2 nitrogen and oxygen atoms in total. The Morgan fingerprint density at radius 1 is 1.10 bits per heavy atom. The lowest BCUT2D eigenvalue weighted by Gasteiger charge is -2.36. The molecule has 112 valence electrons. The van der Waals surface area contributed by atoms with E-state index in [1.807, 2.05) is 23.1 Å². The second-order valence-corrected chi connectivity index (χ2v) is 5.46. The molecule has 1 heterocycles. The van der Waals surface area contributed by atoms with Crippen LogP contribution in [0.1, 0.15) is 5.56 Å². The van der Waals surface area contributed by atoms with E-state index in [0.717, 1.165) is 11.3 Å². The van der Waals surface area contributed by atoms with Gasteiger partial charge in [-0.25, -0.2) is 0 Å². The molecule has 0 bridgehead atoms. The Morgan fingerprint density at radius 3 is 2.25 bits per heavy atom. The quantitative estimate of drug-likeness (QED) is 0.780. The maximum absolute atomic E-state index is 12.3. The van der Waals surface area contributed by atoms with E-state index in [-0.39, 0.29) is 0 Å². The van der Waals surface area contributed by atoms with Crippen LogP contribution in [0.4, 0.5) is 18.9 Å². The Balaban J connectivity index is 1.95. The predicted molar refractivity (Wildman–Crippen MR) is 75.7 cm³/mol. The highest BCUT2D eigenvalue weighted by molar-refractivity contribution is 6.32. The number of nitrogens with zero attached hydrogens (tertiary/aromatic N) is 2. The van der Waals surface area contributed by atoms with Gasteiger partial charge in [-0.05, 0) is 17.7 Å². The number of rotatable bonds is 3. The van der Waals surface area contributed by atoms with Crippen LogP contribution < -0.4 is 4.90 Å². The second kappa shape index (κ2) is 6.41. The Kier molecular flexibility index (Phi) is 5.04. The molecular formula is C13H15Cl2F3N2. The summed E-state index contributed by atoms with van der Waals surface area (Å²) < 4.78 is 36.9. The van der Waals surface area contributed by atoms with Crippen LogP contribution in [0.3, 0.4) is 0 Å². The Labute approximate surface area is 126 Å². The monoisotopic (exact) mass is 326 g/mol. The maximum Gasteiger partial charge on any atom is 0.401 e. The summed E-state index contributed by atoms with van der Waals surface area (Å²) in [7, 11) is 0. The standard InChI is InChI=1S/C13H15Cl2F3N2/c14-8-10-1-2-11(7-12(10)15)20-5-3-19(4-6-20)9-13(16,17)18/h1-2,7H,3-6,8-9H2. The van der Waals surface area contributed by atoms with Gasteiger partial charge in [0.25, 0.3) is 0 Å². The summed E-state index contributed by atoms with van der Waals surface area (Å²) >= 11 is 11.8. The number of hydrogen-bond acceptors (Lipinski definition) is 2. The molecule has 0 aromatic heterocycles. The van der Waals surface area contributed by atoms with Crippen LogP contribution in [0.2, 0.25) is 5.02 Å². The van der Waals surface area contributed by atoms with Crippen LogP contribution in [-0.4, -0.2) is 43.8 Å². The third-order valence-electron chi connectivity index (χ3n) is 3.32. The normalized spacial score (nSPS) is 17.6. The van der Waals surface area contributed by atoms with Crippen LogP contribution in [0.15, 0.2) is 18.2 Å². The van der Waals surface area contributed by atoms with Crippen molar-refractivity contribution in [3.63, 3.8) is 0 Å². The van der Waals surface area contributed by atoms with Gasteiger partial charge in [0.1, 0.15) is 0 Å². The van der Waals surface area contributed by atoms with Gasteiger partial charge in [-0.15, -0.1) is 11.6 Å². The van der Waals surface area contributed by atoms with Crippen LogP contribution >= 0.6 is 23.2 Å². The molecule has 1 aliphatic heterocycles. The summed E-state index contributed by atoms with van der Waals surface area (Å²) in [6.45, 7) is 1.08. The van der Waals surface area contributed by atoms with E-state index in [4.69, 9.17) is 23.2 Å². The maximum atomic E-state index is 12.3. The van der Waals surface area contributed by atoms with Gasteiger partial charge in [-0.1, -0.05) is 17.7 Å². The summed E-state index contributed by atoms with van der Waals surface area (Å²) in [6, 6.07) is 5.58. The molecule has 0 atom stereocenters. The minimum absolute atomic E-state index is 0.346. The van der Waals surface area contributed by atoms with Gasteiger partial charge >= 0.3 is 6.18 Å². The number of hydrogen-bond donors (Lipinski definition) is 0. The highest BCUT2D eigenvalue weighted by Crippen LogP contribution is 2.26. The smallest absolute Gasteiger partial charge is 0.369 e. The van der Waals surface area contributed by atoms with E-state index in [9.17, 15) is 13.2 Å². The Morgan fingerprint density at radius 2 is 1.75 bits per heavy atom. The third kappa shape index (κ3) is 4.17. The summed E-state index contributed by atoms with van der Waals surface area (Å²) in [6.07, 6.45) is -4.13. The fourth-order valence-electron chi connectivity index (χ4n) is 2.26. The number of alkyl halides is 4. The van der Waals surface area contributed by atoms with Crippen LogP contribution in [0.5, 0.6) is 0 Å². The molecule has 1 fully saturated rings. The fourth-order valence-corrected chi connectivity index (χ4v) is 2.80. The lowest BCUT2D eigenvalue weighted by molar-refractivity contribution is -0.146. The molecular weight excluding hydrogens is 312 g/mol. The van der Waals surface area contributed by atoms with E-state index < -0.39 is 12.7 Å². The fraction of sp³-hybridized carbons (Fsp3) is 0.538. The van der Waals surface area contributed by atoms with Crippen molar-refractivity contribution in [2.75, 3.05) is 37.6 Å². The molecule has 1 aromatic rings. The van der Waals surface area contributed by atoms with E-state index in [2.05, 4.69) is 0 Å². The van der Waals surface area contributed by atoms with Crippen molar-refractivity contribution < 1.29 is 13.2 Å². The van der Waals surface area contributed by atoms with Gasteiger partial charge < -0.3 is 4.90 Å². The van der Waals surface area contributed by atoms with Crippen LogP contribution in [-0.2, 0) is 5.88 Å². The molecule has 0 aliphatic carbocycles. The number of anilines is 1. The van der Waals surface area contributed by atoms with Crippen molar-refractivity contribution in [1.82, 2.24) is 4.90 Å². The summed E-state index contributed by atoms with van der Waals surface area (Å²) in [5, 5.41) is 0.593. The van der Waals surface area contributed by atoms with Crippen molar-refractivity contribution in [2.45, 2.75) is 12.1 Å². The Bertz CT molecular complexity index is 457. The highest BCUT2D eigenvalue weighted by atomic mass is 35.5. The molecule has 1 aromatic carbocycles. The van der Waals surface area contributed by atoms with Crippen molar-refractivity contribution in [3.8, 4) is 0 Å². The van der Waals surface area contributed by atoms with Gasteiger partial charge in [0, 0.05) is 42.8 Å². The first-order valence-corrected chi connectivity index (χ1v) is 7.19. The number of halogens is 5. The summed E-state index contributed by atoms with van der Waals surface area (Å²) in [4.78, 5) is 3.46. The van der Waals surface area contributed by atoms with Gasteiger partial charge in [0.05, 0.1) is 6.54 Å². The number of piperazine rings is 1. The molecule has 0 N–H and O–H groups in total. The second-order valence-electron chi connectivity index (χ2n) is 4.79. The molecule has 1 saturated heterocycles. The van der Waals surface area contributed by atoms with Gasteiger partial charge in [0.15, 0.2) is 0 Å². The average Bonchev–Trinajstić information content (AvgIpc) is 2.37. The van der Waals surface area contributed by atoms with Crippen molar-refractivity contribution in [2.24, 2.45) is 0 Å². The first-order chi connectivity index (χ1) is 9.39. The zero-order chi connectivity index (χ0) is 14.8. The molecule has 0 radical (unpaired) electrons. The minimum atomic E-state index is -4.13. The van der Waals surface area contributed by atoms with Crippen LogP contribution in [0, 0.1) is 0 Å². The van der Waals surface area contributed by atoms with Gasteiger partial charge in [-0.3, -0.25) is 4.90 Å². The van der Waals surface area contributed by atoms with Crippen LogP contribution in [0.25, 0.3) is 0 Å². The van der Waals surface area contributed by atoms with E-state index in [1.54, 1.807) is 0 Å². The molecule has 20 heavy (non-hydrogen) atoms. The third-order valence-corrected chi connectivity index (χ3v) is 3.96. The van der Waals surface area contributed by atoms with Gasteiger partial charge in [0.2, 0.25) is 0 Å². The lowest BCUT2D eigenvalue weighted by atomic mass is 10.2. The van der Waals surface area contributed by atoms with Crippen molar-refractivity contribution >= 4 is 28.9 Å². The first kappa shape index (κ1) is 15.7. The van der Waals surface area contributed by atoms with Gasteiger partial charge in [-0.2, -0.15) is 13.2 Å². The average molecular weight is 327 g/mol. The number of benzene rings is 1. The van der Waals surface area contributed by atoms with Crippen molar-refractivity contribution in [3.05, 3.63) is 28.8 Å². The minimum Gasteiger partial charge on any atom is -0.369 e. The summed E-state index contributed by atoms with van der Waals surface area (Å²) in [5.74, 6) is 0.346. The topological polar surface area (TPSA) is 6.48 Å². The molecule has 0 spiro atoms. The first-order valence-electron chi connectivity index (χ1n) is 6.27. The van der Waals surface area contributed by atoms with E-state index in [1.165, 1.54) is 4.90 Å². The molecule has 7 heteroatoms. The molecule has 2 rings (SSSR count). The zero-order valence-electron chi connectivity index (χ0n) is 10.8. The van der Waals surface area contributed by atoms with Crippen molar-refractivity contribution in [1.29, 1.82) is 0 Å². The highest BCUT2D eigenvalue weighted by Gasteiger charge is 2.32. The molecule has 1 aliphatic rings. The Hall–Kier alpha value is -0.650. The molecule has 0 unspecified atom stereocenters. The lowest BCUT2D eigenvalue weighted by Crippen LogP contribution is -2.49. The van der Waals surface area contributed by atoms with E-state index >= 15 is 0 Å². The molecule has 0 saturated carbocycles. The summed E-state index contributed by atoms with van der Waals surface area (Å²) in [5.41, 5.74) is 1.78. The largest absolute Gasteiger partial charge is 0.401 e. The SMILES string of the molecule is FC(F)(F)CN1CCN(c2ccc(CCl)c(Cl)c2)CC1.